The third-order valence-corrected chi connectivity index (χ3v) is 4.60. The highest BCUT2D eigenvalue weighted by molar-refractivity contribution is 7.99. The van der Waals surface area contributed by atoms with E-state index in [0.717, 1.165) is 36.5 Å². The molecule has 2 rings (SSSR count). The third kappa shape index (κ3) is 4.60. The van der Waals surface area contributed by atoms with Crippen LogP contribution in [0.15, 0.2) is 12.1 Å². The van der Waals surface area contributed by atoms with Crippen molar-refractivity contribution in [3.05, 3.63) is 29.3 Å². The second-order valence-corrected chi connectivity index (χ2v) is 7.08. The summed E-state index contributed by atoms with van der Waals surface area (Å²) in [6.45, 7) is 4.33. The number of benzene rings is 1. The van der Waals surface area contributed by atoms with Crippen LogP contribution >= 0.6 is 11.8 Å². The number of nitrogens with one attached hydrogen (secondary N) is 1. The van der Waals surface area contributed by atoms with Crippen molar-refractivity contribution >= 4 is 17.9 Å². The van der Waals surface area contributed by atoms with E-state index in [-0.39, 0.29) is 23.1 Å². The first-order chi connectivity index (χ1) is 10.5. The predicted octanol–water partition coefficient (Wildman–Crippen LogP) is 4.32. The minimum atomic E-state index is -0.700. The summed E-state index contributed by atoms with van der Waals surface area (Å²) in [7, 11) is 0. The fourth-order valence-electron chi connectivity index (χ4n) is 2.43. The second-order valence-electron chi connectivity index (χ2n) is 5.85. The maximum Gasteiger partial charge on any atom is 0.412 e. The summed E-state index contributed by atoms with van der Waals surface area (Å²) < 4.78 is 33.3. The highest BCUT2D eigenvalue weighted by Gasteiger charge is 2.24. The first-order valence-electron chi connectivity index (χ1n) is 7.49. The predicted molar refractivity (Wildman–Crippen MR) is 84.5 cm³/mol. The van der Waals surface area contributed by atoms with Crippen LogP contribution in [0.25, 0.3) is 0 Å². The standard InChI is InChI=1S/C16H21F2NO2S/c1-10(2)9-19-16(20)21-12-7-13(17)15(14(18)8-12)11-3-5-22-6-4-11/h7-8,10-11H,3-6,9H2,1-2H3,(H,19,20). The lowest BCUT2D eigenvalue weighted by molar-refractivity contribution is 0.198. The van der Waals surface area contributed by atoms with E-state index < -0.39 is 17.7 Å². The molecule has 1 aromatic rings. The average Bonchev–Trinajstić information content (AvgIpc) is 2.45. The Kier molecular flexibility index (Phi) is 6.06. The molecule has 1 heterocycles. The summed E-state index contributed by atoms with van der Waals surface area (Å²) >= 11 is 1.80. The molecule has 0 atom stereocenters. The molecule has 1 fully saturated rings. The number of carbonyl (C=O) groups excluding carboxylic acids is 1. The summed E-state index contributed by atoms with van der Waals surface area (Å²) in [5.74, 6) is 0.633. The normalized spacial score (nSPS) is 15.9. The quantitative estimate of drug-likeness (QED) is 0.894. The van der Waals surface area contributed by atoms with E-state index in [0.29, 0.717) is 6.54 Å². The highest BCUT2D eigenvalue weighted by Crippen LogP contribution is 2.35. The number of hydrogen-bond acceptors (Lipinski definition) is 3. The first-order valence-corrected chi connectivity index (χ1v) is 8.65. The highest BCUT2D eigenvalue weighted by atomic mass is 32.2. The van der Waals surface area contributed by atoms with Gasteiger partial charge in [-0.3, -0.25) is 0 Å². The van der Waals surface area contributed by atoms with Gasteiger partial charge in [0.05, 0.1) is 0 Å². The van der Waals surface area contributed by atoms with Gasteiger partial charge in [0.25, 0.3) is 0 Å². The van der Waals surface area contributed by atoms with Gasteiger partial charge in [0.2, 0.25) is 0 Å². The average molecular weight is 329 g/mol. The zero-order valence-electron chi connectivity index (χ0n) is 12.8. The van der Waals surface area contributed by atoms with Gasteiger partial charge in [-0.1, -0.05) is 13.8 Å². The van der Waals surface area contributed by atoms with Crippen molar-refractivity contribution in [2.45, 2.75) is 32.6 Å². The Morgan fingerprint density at radius 1 is 1.32 bits per heavy atom. The SMILES string of the molecule is CC(C)CNC(=O)Oc1cc(F)c(C2CCSCC2)c(F)c1. The molecule has 0 saturated carbocycles. The molecule has 0 spiro atoms. The monoisotopic (exact) mass is 329 g/mol. The fraction of sp³-hybridized carbons (Fsp3) is 0.562. The van der Waals surface area contributed by atoms with Crippen molar-refractivity contribution in [2.24, 2.45) is 5.92 Å². The van der Waals surface area contributed by atoms with Crippen LogP contribution in [0.2, 0.25) is 0 Å². The molecular weight excluding hydrogens is 308 g/mol. The van der Waals surface area contributed by atoms with Crippen LogP contribution in [0.1, 0.15) is 38.2 Å². The van der Waals surface area contributed by atoms with Crippen LogP contribution < -0.4 is 10.1 Å². The molecule has 0 radical (unpaired) electrons. The molecule has 0 unspecified atom stereocenters. The van der Waals surface area contributed by atoms with Crippen LogP contribution in [0.5, 0.6) is 5.75 Å². The van der Waals surface area contributed by atoms with Crippen molar-refractivity contribution in [1.29, 1.82) is 0 Å². The zero-order chi connectivity index (χ0) is 16.1. The van der Waals surface area contributed by atoms with Gasteiger partial charge in [-0.05, 0) is 36.2 Å². The van der Waals surface area contributed by atoms with Gasteiger partial charge in [-0.15, -0.1) is 0 Å². The van der Waals surface area contributed by atoms with Crippen LogP contribution in [-0.4, -0.2) is 24.1 Å². The van der Waals surface area contributed by atoms with Gasteiger partial charge >= 0.3 is 6.09 Å². The molecule has 122 valence electrons. The molecule has 1 N–H and O–H groups in total. The van der Waals surface area contributed by atoms with Gasteiger partial charge < -0.3 is 10.1 Å². The molecule has 1 aliphatic heterocycles. The minimum Gasteiger partial charge on any atom is -0.410 e. The van der Waals surface area contributed by atoms with Gasteiger partial charge in [-0.25, -0.2) is 13.6 Å². The summed E-state index contributed by atoms with van der Waals surface area (Å²) in [5.41, 5.74) is 0.121. The lowest BCUT2D eigenvalue weighted by Crippen LogP contribution is -2.30. The molecule has 0 bridgehead atoms. The number of carbonyl (C=O) groups is 1. The van der Waals surface area contributed by atoms with Gasteiger partial charge in [0.1, 0.15) is 17.4 Å². The van der Waals surface area contributed by atoms with E-state index >= 15 is 0 Å². The van der Waals surface area contributed by atoms with Crippen molar-refractivity contribution in [1.82, 2.24) is 5.32 Å². The Morgan fingerprint density at radius 3 is 2.45 bits per heavy atom. The summed E-state index contributed by atoms with van der Waals surface area (Å²) in [4.78, 5) is 11.5. The fourth-order valence-corrected chi connectivity index (χ4v) is 3.53. The van der Waals surface area contributed by atoms with E-state index in [2.05, 4.69) is 5.32 Å². The molecule has 1 saturated heterocycles. The molecule has 1 aliphatic rings. The van der Waals surface area contributed by atoms with Crippen LogP contribution in [-0.2, 0) is 0 Å². The van der Waals surface area contributed by atoms with E-state index in [1.165, 1.54) is 0 Å². The maximum absolute atomic E-state index is 14.2. The summed E-state index contributed by atoms with van der Waals surface area (Å²) in [6, 6.07) is 2.18. The van der Waals surface area contributed by atoms with Gasteiger partial charge in [0, 0.05) is 24.2 Å². The molecule has 1 aromatic carbocycles. The Labute approximate surface area is 133 Å². The Morgan fingerprint density at radius 2 is 1.91 bits per heavy atom. The molecule has 1 amide bonds. The lowest BCUT2D eigenvalue weighted by Gasteiger charge is -2.22. The number of thioether (sulfide) groups is 1. The Hall–Kier alpha value is -1.30. The van der Waals surface area contributed by atoms with E-state index in [4.69, 9.17) is 4.74 Å². The largest absolute Gasteiger partial charge is 0.412 e. The van der Waals surface area contributed by atoms with Crippen molar-refractivity contribution in [2.75, 3.05) is 18.1 Å². The van der Waals surface area contributed by atoms with E-state index in [1.54, 1.807) is 11.8 Å². The molecule has 0 aromatic heterocycles. The minimum absolute atomic E-state index is 0.0925. The lowest BCUT2D eigenvalue weighted by atomic mass is 9.92. The van der Waals surface area contributed by atoms with Crippen molar-refractivity contribution in [3.63, 3.8) is 0 Å². The molecule has 22 heavy (non-hydrogen) atoms. The number of rotatable bonds is 4. The van der Waals surface area contributed by atoms with Gasteiger partial charge in [-0.2, -0.15) is 11.8 Å². The van der Waals surface area contributed by atoms with Crippen molar-refractivity contribution < 1.29 is 18.3 Å². The van der Waals surface area contributed by atoms with Crippen LogP contribution in [0.3, 0.4) is 0 Å². The van der Waals surface area contributed by atoms with Gasteiger partial charge in [0.15, 0.2) is 0 Å². The third-order valence-electron chi connectivity index (χ3n) is 3.55. The van der Waals surface area contributed by atoms with Crippen molar-refractivity contribution in [3.8, 4) is 5.75 Å². The summed E-state index contributed by atoms with van der Waals surface area (Å²) in [6.07, 6.45) is 0.843. The number of ether oxygens (including phenoxy) is 1. The smallest absolute Gasteiger partial charge is 0.410 e. The first kappa shape index (κ1) is 17.1. The molecule has 6 heteroatoms. The van der Waals surface area contributed by atoms with E-state index in [9.17, 15) is 13.6 Å². The second kappa shape index (κ2) is 7.81. The molecular formula is C16H21F2NO2S. The topological polar surface area (TPSA) is 38.3 Å². The summed E-state index contributed by atoms with van der Waals surface area (Å²) in [5, 5.41) is 2.54. The maximum atomic E-state index is 14.2. The zero-order valence-corrected chi connectivity index (χ0v) is 13.6. The molecule has 3 nitrogen and oxygen atoms in total. The Bertz CT molecular complexity index is 508. The molecule has 0 aliphatic carbocycles. The van der Waals surface area contributed by atoms with E-state index in [1.807, 2.05) is 13.8 Å². The number of amides is 1. The number of hydrogen-bond donors (Lipinski definition) is 1. The Balaban J connectivity index is 2.07. The number of halogens is 2. The van der Waals surface area contributed by atoms with Crippen LogP contribution in [0.4, 0.5) is 13.6 Å². The van der Waals surface area contributed by atoms with Crippen LogP contribution in [0, 0.1) is 17.6 Å².